The van der Waals surface area contributed by atoms with Gasteiger partial charge in [0, 0.05) is 11.1 Å². The second kappa shape index (κ2) is 7.44. The minimum atomic E-state index is -3.86. The van der Waals surface area contributed by atoms with Crippen LogP contribution in [0.3, 0.4) is 0 Å². The van der Waals surface area contributed by atoms with Crippen LogP contribution in [0.5, 0.6) is 0 Å². The molecule has 0 aliphatic carbocycles. The molecule has 0 saturated carbocycles. The van der Waals surface area contributed by atoms with Crippen LogP contribution in [0.4, 0.5) is 4.39 Å². The Hall–Kier alpha value is -3.00. The van der Waals surface area contributed by atoms with E-state index < -0.39 is 15.8 Å². The number of sulfonamides is 1. The number of halogens is 2. The fraction of sp³-hybridized carbons (Fsp3) is 0. The summed E-state index contributed by atoms with van der Waals surface area (Å²) in [6.07, 6.45) is 3.23. The lowest BCUT2D eigenvalue weighted by Gasteiger charge is -2.07. The molecule has 0 aliphatic rings. The van der Waals surface area contributed by atoms with Gasteiger partial charge >= 0.3 is 0 Å². The molecule has 0 unspecified atom stereocenters. The molecule has 8 heteroatoms. The molecule has 146 valence electrons. The van der Waals surface area contributed by atoms with Crippen molar-refractivity contribution in [2.24, 2.45) is 5.14 Å². The van der Waals surface area contributed by atoms with Gasteiger partial charge in [-0.05, 0) is 42.0 Å². The number of nitrogens with one attached hydrogen (secondary N) is 1. The molecule has 0 aliphatic heterocycles. The number of hydrogen-bond acceptors (Lipinski definition) is 3. The van der Waals surface area contributed by atoms with Gasteiger partial charge in [0.25, 0.3) is 0 Å². The summed E-state index contributed by atoms with van der Waals surface area (Å²) in [6.45, 7) is 0. The summed E-state index contributed by atoms with van der Waals surface area (Å²) < 4.78 is 37.8. The average molecular weight is 428 g/mol. The highest BCUT2D eigenvalue weighted by Gasteiger charge is 2.15. The van der Waals surface area contributed by atoms with Crippen LogP contribution < -0.4 is 5.14 Å². The van der Waals surface area contributed by atoms with E-state index in [0.717, 1.165) is 5.52 Å². The SMILES string of the molecule is NS(=O)(=O)c1ccccc1-c1ccc2[nH]c(/C=C/c3cccc(Cl)c3F)nc2c1. The topological polar surface area (TPSA) is 88.8 Å². The molecule has 0 saturated heterocycles. The van der Waals surface area contributed by atoms with Gasteiger partial charge in [0.2, 0.25) is 10.0 Å². The molecular formula is C21H15ClFN3O2S. The van der Waals surface area contributed by atoms with Gasteiger partial charge in [-0.1, -0.05) is 48.0 Å². The molecular weight excluding hydrogens is 413 g/mol. The normalized spacial score (nSPS) is 12.1. The highest BCUT2D eigenvalue weighted by Crippen LogP contribution is 2.29. The number of benzene rings is 3. The summed E-state index contributed by atoms with van der Waals surface area (Å²) in [4.78, 5) is 7.65. The van der Waals surface area contributed by atoms with E-state index >= 15 is 0 Å². The smallest absolute Gasteiger partial charge is 0.238 e. The zero-order valence-electron chi connectivity index (χ0n) is 14.9. The maximum atomic E-state index is 14.0. The number of fused-ring (bicyclic) bond motifs is 1. The predicted octanol–water partition coefficient (Wildman–Crippen LogP) is 4.84. The first-order valence-electron chi connectivity index (χ1n) is 8.57. The summed E-state index contributed by atoms with van der Waals surface area (Å²) in [5.74, 6) is 0.0275. The Balaban J connectivity index is 1.73. The van der Waals surface area contributed by atoms with Crippen molar-refractivity contribution in [3.05, 3.63) is 82.9 Å². The van der Waals surface area contributed by atoms with Gasteiger partial charge in [-0.15, -0.1) is 0 Å². The molecule has 4 aromatic rings. The second-order valence-corrected chi connectivity index (χ2v) is 8.31. The van der Waals surface area contributed by atoms with Gasteiger partial charge in [0.05, 0.1) is 21.0 Å². The number of hydrogen-bond donors (Lipinski definition) is 2. The van der Waals surface area contributed by atoms with Gasteiger partial charge in [-0.25, -0.2) is 22.9 Å². The standard InChI is InChI=1S/C21H15ClFN3O2S/c22-16-6-3-4-13(21(16)23)9-11-20-25-17-10-8-14(12-18(17)26-20)15-5-1-2-7-19(15)29(24,27)28/h1-12H,(H,25,26)(H2,24,27,28)/b11-9+. The van der Waals surface area contributed by atoms with Crippen LogP contribution in [-0.4, -0.2) is 18.4 Å². The highest BCUT2D eigenvalue weighted by atomic mass is 35.5. The molecule has 5 nitrogen and oxygen atoms in total. The minimum absolute atomic E-state index is 0.0476. The lowest BCUT2D eigenvalue weighted by atomic mass is 10.1. The average Bonchev–Trinajstić information content (AvgIpc) is 3.10. The molecule has 1 heterocycles. The van der Waals surface area contributed by atoms with Crippen LogP contribution in [0.15, 0.2) is 65.6 Å². The van der Waals surface area contributed by atoms with E-state index in [0.29, 0.717) is 28.0 Å². The molecule has 0 radical (unpaired) electrons. The largest absolute Gasteiger partial charge is 0.338 e. The molecule has 3 N–H and O–H groups in total. The van der Waals surface area contributed by atoms with Crippen LogP contribution >= 0.6 is 11.6 Å². The van der Waals surface area contributed by atoms with E-state index in [1.807, 2.05) is 0 Å². The zero-order chi connectivity index (χ0) is 20.6. The number of nitrogens with two attached hydrogens (primary N) is 1. The molecule has 0 spiro atoms. The van der Waals surface area contributed by atoms with Gasteiger partial charge in [0.15, 0.2) is 0 Å². The zero-order valence-corrected chi connectivity index (χ0v) is 16.5. The fourth-order valence-electron chi connectivity index (χ4n) is 3.04. The Kier molecular flexibility index (Phi) is 4.96. The number of aromatic nitrogens is 2. The Morgan fingerprint density at radius 2 is 1.83 bits per heavy atom. The minimum Gasteiger partial charge on any atom is -0.338 e. The van der Waals surface area contributed by atoms with E-state index in [1.165, 1.54) is 12.1 Å². The predicted molar refractivity (Wildman–Crippen MR) is 113 cm³/mol. The number of rotatable bonds is 4. The van der Waals surface area contributed by atoms with E-state index in [9.17, 15) is 12.8 Å². The summed E-state index contributed by atoms with van der Waals surface area (Å²) >= 11 is 5.80. The summed E-state index contributed by atoms with van der Waals surface area (Å²) in [7, 11) is -3.86. The van der Waals surface area contributed by atoms with E-state index in [4.69, 9.17) is 16.7 Å². The molecule has 0 bridgehead atoms. The number of H-pyrrole nitrogens is 1. The van der Waals surface area contributed by atoms with E-state index in [1.54, 1.807) is 60.7 Å². The highest BCUT2D eigenvalue weighted by molar-refractivity contribution is 7.89. The van der Waals surface area contributed by atoms with Gasteiger partial charge < -0.3 is 4.98 Å². The lowest BCUT2D eigenvalue weighted by molar-refractivity contribution is 0.598. The van der Waals surface area contributed by atoms with Crippen molar-refractivity contribution < 1.29 is 12.8 Å². The number of primary sulfonamides is 1. The fourth-order valence-corrected chi connectivity index (χ4v) is 3.99. The van der Waals surface area contributed by atoms with Crippen LogP contribution in [0.2, 0.25) is 5.02 Å². The van der Waals surface area contributed by atoms with Crippen LogP contribution in [0.1, 0.15) is 11.4 Å². The molecule has 29 heavy (non-hydrogen) atoms. The first-order valence-corrected chi connectivity index (χ1v) is 10.5. The first kappa shape index (κ1) is 19.3. The third-order valence-electron chi connectivity index (χ3n) is 4.41. The maximum Gasteiger partial charge on any atom is 0.238 e. The Morgan fingerprint density at radius 1 is 1.03 bits per heavy atom. The molecule has 0 atom stereocenters. The molecule has 0 amide bonds. The van der Waals surface area contributed by atoms with E-state index in [-0.39, 0.29) is 9.92 Å². The van der Waals surface area contributed by atoms with Crippen molar-refractivity contribution in [3.8, 4) is 11.1 Å². The second-order valence-electron chi connectivity index (χ2n) is 6.37. The van der Waals surface area contributed by atoms with Crippen LogP contribution in [0.25, 0.3) is 34.3 Å². The van der Waals surface area contributed by atoms with Crippen molar-refractivity contribution >= 4 is 44.8 Å². The van der Waals surface area contributed by atoms with Gasteiger partial charge in [0.1, 0.15) is 11.6 Å². The maximum absolute atomic E-state index is 14.0. The molecule has 4 rings (SSSR count). The Morgan fingerprint density at radius 3 is 2.62 bits per heavy atom. The molecule has 3 aromatic carbocycles. The number of imidazole rings is 1. The Bertz CT molecular complexity index is 1360. The number of nitrogens with zero attached hydrogens (tertiary/aromatic N) is 1. The van der Waals surface area contributed by atoms with Crippen molar-refractivity contribution in [3.63, 3.8) is 0 Å². The molecule has 0 fully saturated rings. The van der Waals surface area contributed by atoms with Crippen molar-refractivity contribution in [2.45, 2.75) is 4.90 Å². The van der Waals surface area contributed by atoms with Crippen molar-refractivity contribution in [1.29, 1.82) is 0 Å². The monoisotopic (exact) mass is 427 g/mol. The van der Waals surface area contributed by atoms with Crippen molar-refractivity contribution in [2.75, 3.05) is 0 Å². The molecule has 1 aromatic heterocycles. The lowest BCUT2D eigenvalue weighted by Crippen LogP contribution is -2.13. The third-order valence-corrected chi connectivity index (χ3v) is 5.67. The third kappa shape index (κ3) is 3.93. The van der Waals surface area contributed by atoms with Crippen LogP contribution in [-0.2, 0) is 10.0 Å². The quantitative estimate of drug-likeness (QED) is 0.488. The first-order chi connectivity index (χ1) is 13.8. The van der Waals surface area contributed by atoms with Gasteiger partial charge in [-0.3, -0.25) is 0 Å². The Labute approximate surface area is 171 Å². The van der Waals surface area contributed by atoms with Crippen molar-refractivity contribution in [1.82, 2.24) is 9.97 Å². The summed E-state index contributed by atoms with van der Waals surface area (Å²) in [5.41, 5.74) is 2.91. The summed E-state index contributed by atoms with van der Waals surface area (Å²) in [5, 5.41) is 5.38. The summed E-state index contributed by atoms with van der Waals surface area (Å²) in [6, 6.07) is 16.6. The van der Waals surface area contributed by atoms with E-state index in [2.05, 4.69) is 9.97 Å². The number of aromatic amines is 1. The van der Waals surface area contributed by atoms with Gasteiger partial charge in [-0.2, -0.15) is 0 Å². The van der Waals surface area contributed by atoms with Crippen LogP contribution in [0, 0.1) is 5.82 Å².